The Morgan fingerprint density at radius 3 is 1.43 bits per heavy atom. The minimum Gasteiger partial charge on any atom is -0.256 e. The van der Waals surface area contributed by atoms with Crippen LogP contribution < -0.4 is 0 Å². The standard InChI is InChI=1S/C56H52N2/c1-6-14-41-15-12-18-47(36-41)49-30-32-58-54(38-49)46-27-23-44(24-28-46)52-20-13-19-51(55(52)56(7-2,8-3)50-34-39(4)33-40(5)35-50)43-21-25-45(26-22-43)53-37-48(29-31-57-53)42-16-10-9-11-17-42/h9-13,15-38H,6-8,14H2,1-5H3. The summed E-state index contributed by atoms with van der Waals surface area (Å²) in [6.07, 6.45) is 8.02. The van der Waals surface area contributed by atoms with Crippen LogP contribution in [-0.4, -0.2) is 9.97 Å². The summed E-state index contributed by atoms with van der Waals surface area (Å²) in [5, 5.41) is 0. The van der Waals surface area contributed by atoms with Gasteiger partial charge in [0.1, 0.15) is 0 Å². The van der Waals surface area contributed by atoms with Crippen LogP contribution in [0.25, 0.3) is 67.0 Å². The molecule has 2 heteroatoms. The molecule has 0 unspecified atom stereocenters. The van der Waals surface area contributed by atoms with Gasteiger partial charge in [-0.15, -0.1) is 0 Å². The summed E-state index contributed by atoms with van der Waals surface area (Å²) >= 11 is 0. The number of nitrogens with zero attached hydrogens (tertiary/aromatic N) is 2. The van der Waals surface area contributed by atoms with Gasteiger partial charge in [-0.05, 0) is 119 Å². The number of aromatic nitrogens is 2. The molecule has 286 valence electrons. The Morgan fingerprint density at radius 2 is 0.897 bits per heavy atom. The Labute approximate surface area is 345 Å². The molecule has 58 heavy (non-hydrogen) atoms. The highest BCUT2D eigenvalue weighted by Gasteiger charge is 2.36. The summed E-state index contributed by atoms with van der Waals surface area (Å²) in [5.41, 5.74) is 20.4. The quantitative estimate of drug-likeness (QED) is 0.124. The molecular weight excluding hydrogens is 701 g/mol. The molecule has 0 spiro atoms. The third kappa shape index (κ3) is 7.80. The Kier molecular flexibility index (Phi) is 11.3. The summed E-state index contributed by atoms with van der Waals surface area (Å²) in [6, 6.07) is 60.1. The molecule has 0 aliphatic heterocycles. The SMILES string of the molecule is CCCc1cccc(-c2ccnc(-c3ccc(-c4cccc(-c5ccc(-c6cc(-c7ccccc7)ccn6)cc5)c4C(CC)(CC)c4cc(C)cc(C)c4)cc3)c2)c1. The van der Waals surface area contributed by atoms with Crippen LogP contribution in [0.4, 0.5) is 0 Å². The first-order valence-electron chi connectivity index (χ1n) is 20.9. The van der Waals surface area contributed by atoms with E-state index in [1.807, 2.05) is 12.4 Å². The topological polar surface area (TPSA) is 25.8 Å². The van der Waals surface area contributed by atoms with Gasteiger partial charge in [0.2, 0.25) is 0 Å². The number of aryl methyl sites for hydroxylation is 3. The maximum atomic E-state index is 4.83. The maximum absolute atomic E-state index is 4.83. The maximum Gasteiger partial charge on any atom is 0.0708 e. The molecule has 0 bridgehead atoms. The molecule has 0 radical (unpaired) electrons. The molecule has 8 rings (SSSR count). The van der Waals surface area contributed by atoms with Crippen molar-refractivity contribution in [2.75, 3.05) is 0 Å². The van der Waals surface area contributed by atoms with Crippen molar-refractivity contribution in [3.8, 4) is 67.0 Å². The van der Waals surface area contributed by atoms with Crippen molar-refractivity contribution in [2.24, 2.45) is 0 Å². The van der Waals surface area contributed by atoms with E-state index in [0.717, 1.165) is 48.2 Å². The lowest BCUT2D eigenvalue weighted by atomic mass is 9.65. The predicted molar refractivity (Wildman–Crippen MR) is 246 cm³/mol. The molecule has 2 aromatic heterocycles. The van der Waals surface area contributed by atoms with Crippen molar-refractivity contribution in [2.45, 2.75) is 65.7 Å². The van der Waals surface area contributed by atoms with E-state index in [1.165, 1.54) is 72.3 Å². The van der Waals surface area contributed by atoms with Crippen LogP contribution in [-0.2, 0) is 11.8 Å². The zero-order chi connectivity index (χ0) is 40.1. The fourth-order valence-electron chi connectivity index (χ4n) is 8.96. The molecule has 0 atom stereocenters. The van der Waals surface area contributed by atoms with E-state index in [1.54, 1.807) is 0 Å². The normalized spacial score (nSPS) is 11.5. The van der Waals surface area contributed by atoms with Gasteiger partial charge in [0.05, 0.1) is 11.4 Å². The number of pyridine rings is 2. The van der Waals surface area contributed by atoms with Gasteiger partial charge in [0.25, 0.3) is 0 Å². The van der Waals surface area contributed by atoms with Gasteiger partial charge in [-0.25, -0.2) is 0 Å². The minimum atomic E-state index is -0.214. The highest BCUT2D eigenvalue weighted by atomic mass is 14.7. The summed E-state index contributed by atoms with van der Waals surface area (Å²) in [4.78, 5) is 9.62. The number of hydrogen-bond acceptors (Lipinski definition) is 2. The molecule has 0 aliphatic carbocycles. The average molecular weight is 753 g/mol. The Hall–Kier alpha value is -6.38. The Morgan fingerprint density at radius 1 is 0.414 bits per heavy atom. The monoisotopic (exact) mass is 752 g/mol. The van der Waals surface area contributed by atoms with Crippen LogP contribution in [0.15, 0.2) is 176 Å². The highest BCUT2D eigenvalue weighted by molar-refractivity contribution is 5.84. The second kappa shape index (κ2) is 17.0. The zero-order valence-corrected chi connectivity index (χ0v) is 34.5. The molecule has 0 amide bonds. The largest absolute Gasteiger partial charge is 0.256 e. The molecule has 0 saturated heterocycles. The van der Waals surface area contributed by atoms with Crippen LogP contribution in [0.1, 0.15) is 67.9 Å². The molecule has 0 N–H and O–H groups in total. The Balaban J connectivity index is 1.22. The van der Waals surface area contributed by atoms with E-state index in [0.29, 0.717) is 0 Å². The lowest BCUT2D eigenvalue weighted by Gasteiger charge is -2.37. The van der Waals surface area contributed by atoms with E-state index in [9.17, 15) is 0 Å². The smallest absolute Gasteiger partial charge is 0.0708 e. The van der Waals surface area contributed by atoms with Crippen LogP contribution in [0, 0.1) is 13.8 Å². The molecule has 0 fully saturated rings. The van der Waals surface area contributed by atoms with Crippen molar-refractivity contribution in [3.05, 3.63) is 204 Å². The van der Waals surface area contributed by atoms with E-state index in [-0.39, 0.29) is 5.41 Å². The van der Waals surface area contributed by atoms with Gasteiger partial charge in [0.15, 0.2) is 0 Å². The lowest BCUT2D eigenvalue weighted by molar-refractivity contribution is 0.480. The second-order valence-electron chi connectivity index (χ2n) is 15.7. The third-order valence-corrected chi connectivity index (χ3v) is 11.9. The molecule has 0 saturated carbocycles. The molecule has 2 nitrogen and oxygen atoms in total. The summed E-state index contributed by atoms with van der Waals surface area (Å²) in [6.45, 7) is 11.4. The van der Waals surface area contributed by atoms with Crippen LogP contribution in [0.5, 0.6) is 0 Å². The lowest BCUT2D eigenvalue weighted by Crippen LogP contribution is -2.28. The Bertz CT molecular complexity index is 2630. The van der Waals surface area contributed by atoms with Gasteiger partial charge in [0, 0.05) is 28.9 Å². The molecular formula is C56H52N2. The van der Waals surface area contributed by atoms with Crippen LogP contribution in [0.3, 0.4) is 0 Å². The van der Waals surface area contributed by atoms with E-state index in [4.69, 9.17) is 9.97 Å². The molecule has 2 heterocycles. The summed E-state index contributed by atoms with van der Waals surface area (Å²) < 4.78 is 0. The van der Waals surface area contributed by atoms with Gasteiger partial charge in [-0.3, -0.25) is 9.97 Å². The highest BCUT2D eigenvalue weighted by Crippen LogP contribution is 2.48. The van der Waals surface area contributed by atoms with E-state index in [2.05, 4.69) is 198 Å². The first kappa shape index (κ1) is 38.5. The van der Waals surface area contributed by atoms with Crippen molar-refractivity contribution >= 4 is 0 Å². The predicted octanol–water partition coefficient (Wildman–Crippen LogP) is 15.2. The van der Waals surface area contributed by atoms with Crippen LogP contribution in [0.2, 0.25) is 0 Å². The van der Waals surface area contributed by atoms with Crippen LogP contribution >= 0.6 is 0 Å². The van der Waals surface area contributed by atoms with Crippen molar-refractivity contribution in [1.29, 1.82) is 0 Å². The fourth-order valence-corrected chi connectivity index (χ4v) is 8.96. The number of rotatable bonds is 12. The minimum absolute atomic E-state index is 0.214. The molecule has 8 aromatic rings. The first-order valence-corrected chi connectivity index (χ1v) is 20.9. The number of benzene rings is 6. The third-order valence-electron chi connectivity index (χ3n) is 11.9. The average Bonchev–Trinajstić information content (AvgIpc) is 3.27. The van der Waals surface area contributed by atoms with Crippen molar-refractivity contribution in [3.63, 3.8) is 0 Å². The van der Waals surface area contributed by atoms with Gasteiger partial charge < -0.3 is 0 Å². The first-order chi connectivity index (χ1) is 28.4. The van der Waals surface area contributed by atoms with Gasteiger partial charge >= 0.3 is 0 Å². The zero-order valence-electron chi connectivity index (χ0n) is 34.5. The fraction of sp³-hybridized carbons (Fsp3) is 0.179. The summed E-state index contributed by atoms with van der Waals surface area (Å²) in [5.74, 6) is 0. The van der Waals surface area contributed by atoms with Gasteiger partial charge in [-0.1, -0.05) is 178 Å². The number of hydrogen-bond donors (Lipinski definition) is 0. The van der Waals surface area contributed by atoms with Crippen molar-refractivity contribution < 1.29 is 0 Å². The van der Waals surface area contributed by atoms with Crippen molar-refractivity contribution in [1.82, 2.24) is 9.97 Å². The van der Waals surface area contributed by atoms with E-state index >= 15 is 0 Å². The second-order valence-corrected chi connectivity index (χ2v) is 15.7. The molecule has 0 aliphatic rings. The van der Waals surface area contributed by atoms with E-state index < -0.39 is 0 Å². The summed E-state index contributed by atoms with van der Waals surface area (Å²) in [7, 11) is 0. The van der Waals surface area contributed by atoms with Gasteiger partial charge in [-0.2, -0.15) is 0 Å². The molecule has 6 aromatic carbocycles.